The number of hydrogen-bond donors (Lipinski definition) is 6. The minimum Gasteiger partial charge on any atom is -0.508 e. The molecule has 68 heavy (non-hydrogen) atoms. The van der Waals surface area contributed by atoms with E-state index >= 15 is 0 Å². The van der Waals surface area contributed by atoms with Crippen molar-refractivity contribution in [3.05, 3.63) is 182 Å². The number of allylic oxidation sites excluding steroid dienone is 2. The van der Waals surface area contributed by atoms with E-state index in [-0.39, 0.29) is 41.5 Å². The molecule has 0 saturated carbocycles. The number of rotatable bonds is 3. The van der Waals surface area contributed by atoms with Crippen LogP contribution in [0.4, 0.5) is 0 Å². The number of Topliss-reactive ketones (excluding diaryl/α,β-unsaturated/α-hetero) is 1. The van der Waals surface area contributed by atoms with Crippen LogP contribution in [0.5, 0.6) is 34.5 Å². The molecular weight excluding hydrogens is 845 g/mol. The fraction of sp³-hybridized carbons (Fsp3) is 0.361. The number of hydrogen-bond acceptors (Lipinski definition) is 7. The summed E-state index contributed by atoms with van der Waals surface area (Å²) in [5.74, 6) is 3.45. The monoisotopic (exact) mass is 910 g/mol. The number of aromatic hydroxyl groups is 6. The van der Waals surface area contributed by atoms with Crippen molar-refractivity contribution in [2.24, 2.45) is 16.2 Å². The minimum atomic E-state index is -0.452. The average molecular weight is 911 g/mol. The summed E-state index contributed by atoms with van der Waals surface area (Å²) < 4.78 is 0. The van der Waals surface area contributed by atoms with Gasteiger partial charge in [-0.15, -0.1) is 0 Å². The second-order valence-corrected chi connectivity index (χ2v) is 20.7. The van der Waals surface area contributed by atoms with Gasteiger partial charge >= 0.3 is 0 Å². The van der Waals surface area contributed by atoms with Crippen LogP contribution in [0.15, 0.2) is 115 Å². The predicted molar refractivity (Wildman–Crippen MR) is 270 cm³/mol. The quantitative estimate of drug-likeness (QED) is 0.104. The Bertz CT molecular complexity index is 3000. The van der Waals surface area contributed by atoms with Gasteiger partial charge < -0.3 is 30.6 Å². The van der Waals surface area contributed by atoms with Crippen molar-refractivity contribution in [3.63, 3.8) is 0 Å². The van der Waals surface area contributed by atoms with Gasteiger partial charge in [-0.05, 0) is 226 Å². The number of fused-ring (bicyclic) bond motifs is 6. The molecule has 0 aromatic heterocycles. The van der Waals surface area contributed by atoms with Crippen LogP contribution in [-0.2, 0) is 38.5 Å². The molecule has 0 saturated heterocycles. The molecular formula is C61H66O7. The average Bonchev–Trinajstić information content (AvgIpc) is 4.11. The van der Waals surface area contributed by atoms with Crippen LogP contribution >= 0.6 is 0 Å². The van der Waals surface area contributed by atoms with Gasteiger partial charge in [0.1, 0.15) is 34.5 Å². The maximum absolute atomic E-state index is 13.0. The predicted octanol–water partition coefficient (Wildman–Crippen LogP) is 13.5. The van der Waals surface area contributed by atoms with Crippen LogP contribution in [0.3, 0.4) is 0 Å². The Labute approximate surface area is 401 Å². The van der Waals surface area contributed by atoms with Gasteiger partial charge in [0.05, 0.1) is 0 Å². The highest BCUT2D eigenvalue weighted by Crippen LogP contribution is 2.64. The van der Waals surface area contributed by atoms with E-state index in [1.54, 1.807) is 42.5 Å². The van der Waals surface area contributed by atoms with E-state index in [4.69, 9.17) is 0 Å². The first-order valence-electron chi connectivity index (χ1n) is 24.3. The first-order chi connectivity index (χ1) is 32.1. The Hall–Kier alpha value is -6.47. The third-order valence-electron chi connectivity index (χ3n) is 17.3. The summed E-state index contributed by atoms with van der Waals surface area (Å²) >= 11 is 0. The summed E-state index contributed by atoms with van der Waals surface area (Å²) in [6.07, 6.45) is 11.1. The molecule has 7 heteroatoms. The normalized spacial score (nSPS) is 26.6. The number of phenolic OH excluding ortho intramolecular Hbond substituents is 6. The summed E-state index contributed by atoms with van der Waals surface area (Å²) in [7, 11) is 0. The first kappa shape index (κ1) is 46.6. The summed E-state index contributed by atoms with van der Waals surface area (Å²) in [5.41, 5.74) is 15.7. The van der Waals surface area contributed by atoms with Crippen LogP contribution in [-0.4, -0.2) is 36.4 Å². The van der Waals surface area contributed by atoms with E-state index in [0.717, 1.165) is 54.4 Å². The van der Waals surface area contributed by atoms with Gasteiger partial charge in [-0.25, -0.2) is 0 Å². The molecule has 6 aromatic carbocycles. The molecule has 0 bridgehead atoms. The van der Waals surface area contributed by atoms with Gasteiger partial charge in [-0.1, -0.05) is 84.9 Å². The Kier molecular flexibility index (Phi) is 11.8. The van der Waals surface area contributed by atoms with Crippen molar-refractivity contribution in [2.75, 3.05) is 0 Å². The van der Waals surface area contributed by atoms with Crippen LogP contribution in [0, 0.1) is 16.2 Å². The molecule has 6 N–H and O–H groups in total. The molecule has 0 aliphatic heterocycles. The Morgan fingerprint density at radius 3 is 1.46 bits per heavy atom. The molecule has 0 amide bonds. The van der Waals surface area contributed by atoms with Gasteiger partial charge in [-0.2, -0.15) is 0 Å². The number of benzene rings is 6. The van der Waals surface area contributed by atoms with Crippen molar-refractivity contribution in [1.29, 1.82) is 0 Å². The molecule has 7 nitrogen and oxygen atoms in total. The van der Waals surface area contributed by atoms with E-state index < -0.39 is 5.41 Å². The van der Waals surface area contributed by atoms with E-state index in [0.29, 0.717) is 53.6 Å². The molecule has 6 aromatic rings. The Morgan fingerprint density at radius 2 is 0.882 bits per heavy atom. The second kappa shape index (κ2) is 17.2. The van der Waals surface area contributed by atoms with Gasteiger partial charge in [0.2, 0.25) is 0 Å². The molecule has 352 valence electrons. The van der Waals surface area contributed by atoms with Crippen LogP contribution in [0.2, 0.25) is 0 Å². The molecule has 7 atom stereocenters. The zero-order chi connectivity index (χ0) is 47.2. The van der Waals surface area contributed by atoms with Crippen molar-refractivity contribution in [3.8, 4) is 34.5 Å². The summed E-state index contributed by atoms with van der Waals surface area (Å²) in [6.45, 7) is 11.1. The molecule has 6 aliphatic rings. The number of carbonyl (C=O) groups excluding carboxylic acids is 1. The van der Waals surface area contributed by atoms with Gasteiger partial charge in [0.25, 0.3) is 0 Å². The topological polar surface area (TPSA) is 138 Å². The lowest BCUT2D eigenvalue weighted by molar-refractivity contribution is 0.0802. The summed E-state index contributed by atoms with van der Waals surface area (Å²) in [6, 6.07) is 33.7. The lowest BCUT2D eigenvalue weighted by Crippen LogP contribution is -2.31. The lowest BCUT2D eigenvalue weighted by atomic mass is 9.67. The van der Waals surface area contributed by atoms with Gasteiger partial charge in [0, 0.05) is 16.4 Å². The Morgan fingerprint density at radius 1 is 0.471 bits per heavy atom. The maximum Gasteiger partial charge on any atom is 0.170 e. The highest BCUT2D eigenvalue weighted by atomic mass is 16.3. The highest BCUT2D eigenvalue weighted by Gasteiger charge is 2.55. The van der Waals surface area contributed by atoms with E-state index in [1.807, 2.05) is 42.5 Å². The SMILES string of the molecule is C.CC/C=C1\c2ccc(O)cc2C(C)C12Cc1ccc(O)cc1C2.CC1c2cc(O)ccc2C(=O)C12Cc1ccc(O)cc1C2.CCCC1c2ccc(O)cc2C(C)C12Cc1ccc(O)cc1C2. The van der Waals surface area contributed by atoms with E-state index in [2.05, 4.69) is 65.0 Å². The van der Waals surface area contributed by atoms with E-state index in [9.17, 15) is 35.4 Å². The third-order valence-corrected chi connectivity index (χ3v) is 17.3. The van der Waals surface area contributed by atoms with Gasteiger partial charge in [0.15, 0.2) is 5.78 Å². The highest BCUT2D eigenvalue weighted by molar-refractivity contribution is 6.07. The molecule has 7 unspecified atom stereocenters. The van der Waals surface area contributed by atoms with Crippen molar-refractivity contribution < 1.29 is 35.4 Å². The summed E-state index contributed by atoms with van der Waals surface area (Å²) in [4.78, 5) is 13.0. The van der Waals surface area contributed by atoms with Crippen LogP contribution in [0.25, 0.3) is 5.57 Å². The molecule has 6 aliphatic carbocycles. The second-order valence-electron chi connectivity index (χ2n) is 20.7. The van der Waals surface area contributed by atoms with Crippen molar-refractivity contribution >= 4 is 11.4 Å². The fourth-order valence-electron chi connectivity index (χ4n) is 13.9. The Balaban J connectivity index is 0.000000127. The van der Waals surface area contributed by atoms with Crippen molar-refractivity contribution in [1.82, 2.24) is 0 Å². The third kappa shape index (κ3) is 7.27. The largest absolute Gasteiger partial charge is 0.508 e. The number of phenols is 6. The van der Waals surface area contributed by atoms with Crippen molar-refractivity contribution in [2.45, 2.75) is 124 Å². The van der Waals surface area contributed by atoms with Crippen LogP contribution < -0.4 is 0 Å². The van der Waals surface area contributed by atoms with Crippen LogP contribution in [0.1, 0.15) is 157 Å². The molecule has 0 heterocycles. The standard InChI is InChI=1S/C21H24O2.C21H22O2.C18H16O3.CH4/c2*1-3-4-20-18-8-7-17(23)10-19(18)13(2)21(20)11-14-5-6-16(22)9-15(14)12-21;1-10-16-7-14(20)4-5-15(16)17(21)18(10)8-11-2-3-13(19)6-12(11)9-18;/h5-10,13,20,22-23H,3-4,11-12H2,1-2H3;4-10,13,22-23H,3,11-12H2,1-2H3;2-7,10,19-20H,8-9H2,1H3;1H4/b;20-4+;;. The summed E-state index contributed by atoms with van der Waals surface area (Å²) in [5, 5.41) is 58.9. The molecule has 12 rings (SSSR count). The molecule has 3 spiro atoms. The lowest BCUT2D eigenvalue weighted by Gasteiger charge is -2.36. The zero-order valence-corrected chi connectivity index (χ0v) is 39.2. The maximum atomic E-state index is 13.0. The first-order valence-corrected chi connectivity index (χ1v) is 24.3. The molecule has 0 radical (unpaired) electrons. The zero-order valence-electron chi connectivity index (χ0n) is 39.2. The smallest absolute Gasteiger partial charge is 0.170 e. The number of ketones is 1. The fourth-order valence-corrected chi connectivity index (χ4v) is 13.9. The minimum absolute atomic E-state index is 0. The van der Waals surface area contributed by atoms with E-state index in [1.165, 1.54) is 62.9 Å². The van der Waals surface area contributed by atoms with Gasteiger partial charge in [-0.3, -0.25) is 4.79 Å². The molecule has 0 fully saturated rings. The number of carbonyl (C=O) groups is 1.